The zero-order valence-corrected chi connectivity index (χ0v) is 6.40. The number of rotatable bonds is 2. The van der Waals surface area contributed by atoms with Crippen LogP contribution in [0.15, 0.2) is 0 Å². The summed E-state index contributed by atoms with van der Waals surface area (Å²) in [6.45, 7) is 0. The summed E-state index contributed by atoms with van der Waals surface area (Å²) in [6.07, 6.45) is 0. The van der Waals surface area contributed by atoms with Gasteiger partial charge in [-0.2, -0.15) is 4.31 Å². The van der Waals surface area contributed by atoms with Crippen molar-refractivity contribution < 1.29 is 33.0 Å². The van der Waals surface area contributed by atoms with Crippen molar-refractivity contribution in [3.8, 4) is 0 Å². The second kappa shape index (κ2) is 15.3. The molecule has 0 amide bonds. The summed E-state index contributed by atoms with van der Waals surface area (Å²) in [5.74, 6) is 0. The van der Waals surface area contributed by atoms with Gasteiger partial charge in [-0.1, -0.05) is 0 Å². The molecule has 0 fully saturated rings. The Kier molecular flexibility index (Phi) is 39.5. The molecule has 8 nitrogen and oxygen atoms in total. The van der Waals surface area contributed by atoms with Gasteiger partial charge in [0.1, 0.15) is 0 Å². The fourth-order valence-electron chi connectivity index (χ4n) is 0.139. The van der Waals surface area contributed by atoms with E-state index in [0.29, 0.717) is 0 Å². The van der Waals surface area contributed by atoms with Crippen LogP contribution >= 0.6 is 15.6 Å². The van der Waals surface area contributed by atoms with Crippen molar-refractivity contribution in [2.45, 2.75) is 0 Å². The molecule has 0 aromatic heterocycles. The second-order valence-electron chi connectivity index (χ2n) is 1.06. The van der Waals surface area contributed by atoms with Crippen molar-refractivity contribution >= 4 is 134 Å². The van der Waals surface area contributed by atoms with Gasteiger partial charge in [0.05, 0.1) is 0 Å². The Morgan fingerprint density at radius 2 is 0.857 bits per heavy atom. The van der Waals surface area contributed by atoms with Gasteiger partial charge in [0.25, 0.3) is 0 Å². The molecule has 0 radical (unpaired) electrons. The fourth-order valence-corrected chi connectivity index (χ4v) is 1.25. The van der Waals surface area contributed by atoms with Crippen LogP contribution in [0.1, 0.15) is 0 Å². The molecule has 0 aromatic rings. The number of hydrogen-bond acceptors (Lipinski definition) is 4. The Morgan fingerprint density at radius 3 is 0.857 bits per heavy atom. The molecule has 0 aliphatic rings. The molecule has 0 aromatic carbocycles. The summed E-state index contributed by atoms with van der Waals surface area (Å²) >= 11 is 0. The predicted octanol–water partition coefficient (Wildman–Crippen LogP) is -3.24. The third-order valence-electron chi connectivity index (χ3n) is 0.213. The third-order valence-corrected chi connectivity index (χ3v) is 1.91. The normalized spacial score (nSPS) is 8.86. The molecule has 72 valence electrons. The molecule has 0 rings (SSSR count). The quantitative estimate of drug-likeness (QED) is 0.262. The van der Waals surface area contributed by atoms with Crippen molar-refractivity contribution in [2.24, 2.45) is 0 Å². The number of hydrogen-bond donors (Lipinski definition) is 5. The van der Waals surface area contributed by atoms with Gasteiger partial charge < -0.3 is 25.7 Å². The van der Waals surface area contributed by atoms with Gasteiger partial charge in [-0.15, -0.1) is 0 Å². The van der Waals surface area contributed by atoms with E-state index in [2.05, 4.69) is 4.31 Å². The van der Waals surface area contributed by atoms with Crippen LogP contribution < -0.4 is 6.15 Å². The first-order valence-electron chi connectivity index (χ1n) is 1.53. The van der Waals surface area contributed by atoms with Crippen LogP contribution in [-0.4, -0.2) is 138 Å². The van der Waals surface area contributed by atoms with Gasteiger partial charge in [-0.3, -0.25) is 0 Å². The summed E-state index contributed by atoms with van der Waals surface area (Å²) in [7, 11) is -10.1. The first-order chi connectivity index (χ1) is 3.71. The van der Waals surface area contributed by atoms with Crippen LogP contribution in [0.4, 0.5) is 0 Å². The molecular formula is H11NNa4O7P2. The fraction of sp³-hybridized carbons (Fsp3) is 0. The van der Waals surface area contributed by atoms with E-state index in [4.69, 9.17) is 19.6 Å². The summed E-state index contributed by atoms with van der Waals surface area (Å²) in [5, 5.41) is 0. The van der Waals surface area contributed by atoms with Crippen molar-refractivity contribution in [3.05, 3.63) is 0 Å². The van der Waals surface area contributed by atoms with E-state index in [0.717, 1.165) is 0 Å². The summed E-state index contributed by atoms with van der Waals surface area (Å²) in [5.41, 5.74) is 0. The molecule has 0 aliphatic heterocycles. The van der Waals surface area contributed by atoms with Gasteiger partial charge in [-0.25, -0.2) is 9.13 Å². The molecule has 0 heterocycles. The van der Waals surface area contributed by atoms with Crippen molar-refractivity contribution in [1.82, 2.24) is 6.15 Å². The molecule has 0 spiro atoms. The predicted molar refractivity (Wildman–Crippen MR) is 58.8 cm³/mol. The van der Waals surface area contributed by atoms with Crippen LogP contribution in [0.2, 0.25) is 0 Å². The Labute approximate surface area is 170 Å². The van der Waals surface area contributed by atoms with Gasteiger partial charge in [0, 0.05) is 0 Å². The minimum absolute atomic E-state index is 0. The second-order valence-corrected chi connectivity index (χ2v) is 3.68. The molecule has 14 heavy (non-hydrogen) atoms. The Hall–Kier alpha value is 4.22. The maximum absolute atomic E-state index is 9.63. The molecule has 0 unspecified atom stereocenters. The van der Waals surface area contributed by atoms with E-state index in [9.17, 15) is 9.13 Å². The van der Waals surface area contributed by atoms with Gasteiger partial charge in [-0.05, 0) is 0 Å². The Balaban J connectivity index is -0.0000000320. The third kappa shape index (κ3) is 36.0. The summed E-state index contributed by atoms with van der Waals surface area (Å²) < 4.78 is 22.2. The van der Waals surface area contributed by atoms with Crippen LogP contribution in [0, 0.1) is 0 Å². The molecule has 7 N–H and O–H groups in total. The van der Waals surface area contributed by atoms with E-state index in [1.807, 2.05) is 0 Å². The molecule has 0 saturated carbocycles. The summed E-state index contributed by atoms with van der Waals surface area (Å²) in [6, 6.07) is 0. The molecular weight excluding hydrogens is 280 g/mol. The zero-order chi connectivity index (χ0) is 7.71. The molecule has 0 saturated heterocycles. The standard InChI is InChI=1S/H3N.4Na.H4O7P2.4H/c;;;;;1-8(2,3)7-9(4,5)6;;;;/h1H3;;;;;(H2,1,2,3)(H2,4,5,6);;;;. The van der Waals surface area contributed by atoms with Gasteiger partial charge in [0.2, 0.25) is 0 Å². The van der Waals surface area contributed by atoms with Crippen LogP contribution in [0.25, 0.3) is 0 Å². The van der Waals surface area contributed by atoms with E-state index in [-0.39, 0.29) is 124 Å². The Bertz CT molecular complexity index is 164. The van der Waals surface area contributed by atoms with Crippen LogP contribution in [-0.2, 0) is 13.4 Å². The first kappa shape index (κ1) is 36.2. The zero-order valence-electron chi connectivity index (χ0n) is 4.62. The van der Waals surface area contributed by atoms with Crippen molar-refractivity contribution in [1.29, 1.82) is 0 Å². The summed E-state index contributed by atoms with van der Waals surface area (Å²) in [4.78, 5) is 31.0. The van der Waals surface area contributed by atoms with Gasteiger partial charge in [0.15, 0.2) is 0 Å². The van der Waals surface area contributed by atoms with Gasteiger partial charge >= 0.3 is 134 Å². The molecule has 0 bridgehead atoms. The Morgan fingerprint density at radius 1 is 0.714 bits per heavy atom. The van der Waals surface area contributed by atoms with Crippen LogP contribution in [0.5, 0.6) is 0 Å². The van der Waals surface area contributed by atoms with E-state index in [1.165, 1.54) is 0 Å². The number of phosphoric acid groups is 2. The maximum atomic E-state index is 9.63. The first-order valence-corrected chi connectivity index (χ1v) is 4.59. The average Bonchev–Trinajstić information content (AvgIpc) is 1.14. The van der Waals surface area contributed by atoms with Crippen molar-refractivity contribution in [2.75, 3.05) is 0 Å². The van der Waals surface area contributed by atoms with Crippen LogP contribution in [0.3, 0.4) is 0 Å². The molecule has 14 heteroatoms. The SMILES string of the molecule is N.O=P(O)(O)OP(=O)(O)O.[NaH].[NaH].[NaH].[NaH]. The van der Waals surface area contributed by atoms with E-state index >= 15 is 0 Å². The monoisotopic (exact) mass is 291 g/mol. The molecule has 0 atom stereocenters. The van der Waals surface area contributed by atoms with E-state index < -0.39 is 15.6 Å². The van der Waals surface area contributed by atoms with E-state index in [1.54, 1.807) is 0 Å². The topological polar surface area (TPSA) is 159 Å². The molecule has 0 aliphatic carbocycles. The van der Waals surface area contributed by atoms with Crippen molar-refractivity contribution in [3.63, 3.8) is 0 Å². The minimum atomic E-state index is -5.05. The average molecular weight is 291 g/mol.